The topological polar surface area (TPSA) is 104 Å². The number of H-pyrrole nitrogens is 1. The predicted octanol–water partition coefficient (Wildman–Crippen LogP) is 2.39. The largest absolute Gasteiger partial charge is 0.552 e. The summed E-state index contributed by atoms with van der Waals surface area (Å²) in [5.41, 5.74) is 2.37. The lowest BCUT2D eigenvalue weighted by Gasteiger charge is -2.39. The van der Waals surface area contributed by atoms with Crippen LogP contribution in [0.3, 0.4) is 0 Å². The van der Waals surface area contributed by atoms with Crippen molar-refractivity contribution < 1.29 is 26.9 Å². The van der Waals surface area contributed by atoms with Crippen LogP contribution < -0.4 is 9.38 Å². The number of hydrogen-bond acceptors (Lipinski definition) is 5. The standard InChI is InChI=1S/C19H16BF2N3O4S/c21-11-1-2-17(15(22)7-11)30(27,28)25-12-5-10(6-12)14-8-20(26)29-16-9-24-19-13(18(14)16)3-4-23-19/h1-4,7-10,12,25-26H,5-6H2,(H,23,24). The van der Waals surface area contributed by atoms with E-state index >= 15 is 0 Å². The average Bonchev–Trinajstić information content (AvgIpc) is 3.12. The summed E-state index contributed by atoms with van der Waals surface area (Å²) in [7, 11) is -5.24. The normalized spacial score (nSPS) is 21.0. The average molecular weight is 431 g/mol. The Morgan fingerprint density at radius 3 is 2.83 bits per heavy atom. The molecule has 30 heavy (non-hydrogen) atoms. The molecule has 0 radical (unpaired) electrons. The molecule has 7 nitrogen and oxygen atoms in total. The minimum Gasteiger partial charge on any atom is -0.531 e. The van der Waals surface area contributed by atoms with E-state index < -0.39 is 39.7 Å². The van der Waals surface area contributed by atoms with Crippen molar-refractivity contribution >= 4 is 33.7 Å². The van der Waals surface area contributed by atoms with E-state index in [0.717, 1.165) is 28.7 Å². The molecule has 2 aliphatic rings. The van der Waals surface area contributed by atoms with E-state index in [0.29, 0.717) is 30.3 Å². The van der Waals surface area contributed by atoms with E-state index in [1.807, 2.05) is 6.07 Å². The molecule has 0 spiro atoms. The predicted molar refractivity (Wildman–Crippen MR) is 106 cm³/mol. The molecule has 0 amide bonds. The Morgan fingerprint density at radius 1 is 1.27 bits per heavy atom. The van der Waals surface area contributed by atoms with Crippen molar-refractivity contribution in [1.82, 2.24) is 14.7 Å². The van der Waals surface area contributed by atoms with Crippen LogP contribution >= 0.6 is 0 Å². The summed E-state index contributed by atoms with van der Waals surface area (Å²) >= 11 is 0. The molecule has 1 saturated carbocycles. The van der Waals surface area contributed by atoms with E-state index in [4.69, 9.17) is 4.65 Å². The van der Waals surface area contributed by atoms with Crippen molar-refractivity contribution in [3.05, 3.63) is 59.8 Å². The van der Waals surface area contributed by atoms with Gasteiger partial charge in [-0.1, -0.05) is 0 Å². The molecule has 5 rings (SSSR count). The van der Waals surface area contributed by atoms with E-state index in [-0.39, 0.29) is 5.92 Å². The number of benzene rings is 1. The minimum atomic E-state index is -4.12. The quantitative estimate of drug-likeness (QED) is 0.551. The van der Waals surface area contributed by atoms with Crippen molar-refractivity contribution in [3.63, 3.8) is 0 Å². The lowest BCUT2D eigenvalue weighted by Crippen LogP contribution is -2.45. The molecule has 1 aliphatic heterocycles. The molecular formula is C19H16BF2N3O4S. The highest BCUT2D eigenvalue weighted by Crippen LogP contribution is 2.46. The zero-order valence-electron chi connectivity index (χ0n) is 15.5. The molecule has 1 aromatic carbocycles. The molecule has 0 saturated heterocycles. The first-order valence-electron chi connectivity index (χ1n) is 9.32. The first-order chi connectivity index (χ1) is 14.3. The second-order valence-corrected chi connectivity index (χ2v) is 9.11. The number of pyridine rings is 1. The van der Waals surface area contributed by atoms with Gasteiger partial charge in [0.15, 0.2) is 0 Å². The first kappa shape index (κ1) is 19.2. The van der Waals surface area contributed by atoms with Gasteiger partial charge in [-0.25, -0.2) is 26.9 Å². The van der Waals surface area contributed by atoms with E-state index in [1.165, 1.54) is 0 Å². The van der Waals surface area contributed by atoms with Crippen molar-refractivity contribution in [2.24, 2.45) is 5.92 Å². The van der Waals surface area contributed by atoms with Gasteiger partial charge in [-0.15, -0.1) is 0 Å². The third kappa shape index (κ3) is 3.19. The summed E-state index contributed by atoms with van der Waals surface area (Å²) in [4.78, 5) is 6.71. The molecule has 0 atom stereocenters. The summed E-state index contributed by atoms with van der Waals surface area (Å²) in [6.45, 7) is 0. The van der Waals surface area contributed by atoms with Gasteiger partial charge in [0, 0.05) is 29.3 Å². The van der Waals surface area contributed by atoms with E-state index in [2.05, 4.69) is 14.7 Å². The summed E-state index contributed by atoms with van der Waals surface area (Å²) in [5, 5.41) is 10.9. The zero-order valence-corrected chi connectivity index (χ0v) is 16.3. The number of hydrogen-bond donors (Lipinski definition) is 3. The number of aromatic amines is 1. The number of aromatic nitrogens is 2. The van der Waals surface area contributed by atoms with Crippen LogP contribution in [0.2, 0.25) is 0 Å². The van der Waals surface area contributed by atoms with Gasteiger partial charge in [-0.05, 0) is 48.5 Å². The Kier molecular flexibility index (Phi) is 4.42. The number of fused-ring (bicyclic) bond motifs is 3. The van der Waals surface area contributed by atoms with E-state index in [9.17, 15) is 22.2 Å². The van der Waals surface area contributed by atoms with Crippen LogP contribution in [0.1, 0.15) is 18.4 Å². The van der Waals surface area contributed by atoms with Crippen LogP contribution in [0.25, 0.3) is 16.6 Å². The summed E-state index contributed by atoms with van der Waals surface area (Å²) < 4.78 is 59.9. The van der Waals surface area contributed by atoms with Gasteiger partial charge in [0.1, 0.15) is 27.9 Å². The summed E-state index contributed by atoms with van der Waals surface area (Å²) in [6, 6.07) is 3.82. The minimum absolute atomic E-state index is 0.0198. The zero-order chi connectivity index (χ0) is 21.0. The van der Waals surface area contributed by atoms with Crippen molar-refractivity contribution in [3.8, 4) is 5.75 Å². The Bertz CT molecular complexity index is 1290. The Balaban J connectivity index is 1.37. The second kappa shape index (κ2) is 6.90. The number of allylic oxidation sites excluding steroid dienone is 1. The fourth-order valence-electron chi connectivity index (χ4n) is 4.06. The fourth-order valence-corrected chi connectivity index (χ4v) is 5.38. The number of nitrogens with zero attached hydrogens (tertiary/aromatic N) is 1. The SMILES string of the molecule is O=S(=O)(NC1CC(C2=CB(O)Oc3cnc4[nH]ccc4c32)C1)c1ccc(F)cc1F. The van der Waals surface area contributed by atoms with Crippen LogP contribution in [0.15, 0.2) is 47.5 Å². The van der Waals surface area contributed by atoms with Gasteiger partial charge >= 0.3 is 7.12 Å². The highest BCUT2D eigenvalue weighted by Gasteiger charge is 2.39. The van der Waals surface area contributed by atoms with Crippen LogP contribution in [0.4, 0.5) is 8.78 Å². The van der Waals surface area contributed by atoms with Crippen molar-refractivity contribution in [1.29, 1.82) is 0 Å². The Labute approximate surface area is 171 Å². The van der Waals surface area contributed by atoms with Crippen molar-refractivity contribution in [2.45, 2.75) is 23.8 Å². The molecule has 0 unspecified atom stereocenters. The number of halogens is 2. The monoisotopic (exact) mass is 431 g/mol. The maximum atomic E-state index is 13.9. The van der Waals surface area contributed by atoms with Crippen molar-refractivity contribution in [2.75, 3.05) is 0 Å². The molecule has 3 N–H and O–H groups in total. The third-order valence-electron chi connectivity index (χ3n) is 5.49. The maximum Gasteiger partial charge on any atom is 0.552 e. The van der Waals surface area contributed by atoms with E-state index in [1.54, 1.807) is 18.4 Å². The molecule has 3 heterocycles. The van der Waals surface area contributed by atoms with Crippen LogP contribution in [0, 0.1) is 17.6 Å². The van der Waals surface area contributed by atoms with Gasteiger partial charge in [0.25, 0.3) is 0 Å². The maximum absolute atomic E-state index is 13.9. The van der Waals surface area contributed by atoms with Crippen LogP contribution in [-0.2, 0) is 10.0 Å². The molecule has 1 fully saturated rings. The summed E-state index contributed by atoms with van der Waals surface area (Å²) in [6.07, 6.45) is 4.23. The molecular weight excluding hydrogens is 415 g/mol. The van der Waals surface area contributed by atoms with Gasteiger partial charge in [0.2, 0.25) is 10.0 Å². The van der Waals surface area contributed by atoms with Gasteiger partial charge in [-0.3, -0.25) is 0 Å². The van der Waals surface area contributed by atoms with Crippen LogP contribution in [-0.4, -0.2) is 36.6 Å². The van der Waals surface area contributed by atoms with Gasteiger partial charge < -0.3 is 14.7 Å². The third-order valence-corrected chi connectivity index (χ3v) is 7.05. The number of sulfonamides is 1. The Morgan fingerprint density at radius 2 is 2.07 bits per heavy atom. The molecule has 3 aromatic rings. The Hall–Kier alpha value is -2.76. The van der Waals surface area contributed by atoms with Crippen LogP contribution in [0.5, 0.6) is 5.75 Å². The molecule has 154 valence electrons. The molecule has 2 aromatic heterocycles. The smallest absolute Gasteiger partial charge is 0.531 e. The van der Waals surface area contributed by atoms with Gasteiger partial charge in [-0.2, -0.15) is 0 Å². The highest BCUT2D eigenvalue weighted by molar-refractivity contribution is 7.89. The molecule has 0 bridgehead atoms. The number of nitrogens with one attached hydrogen (secondary N) is 2. The lowest BCUT2D eigenvalue weighted by molar-refractivity contribution is 0.308. The lowest BCUT2D eigenvalue weighted by atomic mass is 9.68. The first-order valence-corrected chi connectivity index (χ1v) is 10.8. The summed E-state index contributed by atoms with van der Waals surface area (Å²) in [5.74, 6) is 0.0801. The second-order valence-electron chi connectivity index (χ2n) is 7.43. The fraction of sp³-hybridized carbons (Fsp3) is 0.211. The number of rotatable bonds is 4. The highest BCUT2D eigenvalue weighted by atomic mass is 32.2. The molecule has 1 aliphatic carbocycles. The van der Waals surface area contributed by atoms with Gasteiger partial charge in [0.05, 0.1) is 6.20 Å². The molecule has 11 heteroatoms.